The van der Waals surface area contributed by atoms with Gasteiger partial charge < -0.3 is 14.9 Å². The predicted molar refractivity (Wildman–Crippen MR) is 165 cm³/mol. The molecule has 1 aromatic rings. The normalized spacial score (nSPS) is 39.8. The molecule has 0 aliphatic heterocycles. The van der Waals surface area contributed by atoms with Crippen molar-refractivity contribution in [2.75, 3.05) is 12.4 Å². The van der Waals surface area contributed by atoms with Gasteiger partial charge in [0.05, 0.1) is 24.6 Å². The quantitative estimate of drug-likeness (QED) is 0.204. The average molecular weight is 620 g/mol. The summed E-state index contributed by atoms with van der Waals surface area (Å²) in [4.78, 5) is 16.6. The third-order valence-electron chi connectivity index (χ3n) is 12.8. The lowest BCUT2D eigenvalue weighted by atomic mass is 9.41. The molecule has 0 spiro atoms. The number of pyridine rings is 1. The Balaban J connectivity index is 1.18. The van der Waals surface area contributed by atoms with E-state index in [1.807, 2.05) is 0 Å². The number of aliphatic hydroxyl groups excluding tert-OH is 2. The van der Waals surface area contributed by atoms with Crippen molar-refractivity contribution in [3.63, 3.8) is 0 Å². The van der Waals surface area contributed by atoms with Crippen molar-refractivity contribution in [1.82, 2.24) is 4.98 Å². The smallest absolute Gasteiger partial charge is 0.264 e. The molecule has 4 aliphatic carbocycles. The molecule has 0 radical (unpaired) electrons. The Bertz CT molecular complexity index is 1240. The zero-order valence-electron chi connectivity index (χ0n) is 26.5. The molecule has 0 aromatic carbocycles. The molecule has 4 saturated carbocycles. The van der Waals surface area contributed by atoms with Crippen molar-refractivity contribution in [2.45, 2.75) is 111 Å². The van der Waals surface area contributed by atoms with Crippen LogP contribution in [-0.4, -0.2) is 58.5 Å². The molecule has 1 heterocycles. The maximum Gasteiger partial charge on any atom is 0.264 e. The maximum absolute atomic E-state index is 12.3. The van der Waals surface area contributed by atoms with Gasteiger partial charge in [-0.3, -0.25) is 9.35 Å². The number of hydrogen-bond donors (Lipinski definition) is 3. The summed E-state index contributed by atoms with van der Waals surface area (Å²) in [5.74, 6) is 3.02. The number of fused-ring (bicyclic) bond motifs is 5. The number of rotatable bonds is 11. The van der Waals surface area contributed by atoms with Gasteiger partial charge in [0.1, 0.15) is 0 Å². The number of hydrogen-bond acceptors (Lipinski definition) is 7. The summed E-state index contributed by atoms with van der Waals surface area (Å²) in [6.07, 6.45) is 10.6. The van der Waals surface area contributed by atoms with Crippen molar-refractivity contribution >= 4 is 15.9 Å². The molecule has 4 fully saturated rings. The molecule has 5 rings (SSSR count). The summed E-state index contributed by atoms with van der Waals surface area (Å²) in [5.41, 5.74) is 0.833. The topological polar surface area (TPSA) is 134 Å². The van der Waals surface area contributed by atoms with Crippen LogP contribution in [0.1, 0.15) is 109 Å². The highest BCUT2D eigenvalue weighted by Gasteiger charge is 2.64. The molecular formula is C34H53NO7S. The standard InChI is InChI=1S/C34H53NO7S/c1-5-24-28-19-23(36)12-15-34(28,4)27-13-16-33(3)25(9-10-26(33)31(27)32(24)38)21(2)14-17-42-30-11-8-22(20-35-30)29(37)7-6-18-43(39,40)41/h8,11,20-21,23-28,31-32,36,38H,5-7,9-10,12-19H2,1-4H3,(H,39,40,41)/t21-,23-,24-,25-,26+,27+,28+,31+,32-,33-,34-/m1/s1. The SMILES string of the molecule is CC[C@H]1[C@@H](O)[C@@H]2[C@H](CC[C@]3(C)[C@@H]([C@H](C)CCOc4ccc(C(=O)CCCS(=O)(=O)O)cn4)CC[C@@H]23)[C@@]2(C)CC[C@@H](O)C[C@@H]12. The molecule has 0 bridgehead atoms. The molecule has 11 atom stereocenters. The van der Waals surface area contributed by atoms with Gasteiger partial charge in [0.2, 0.25) is 5.88 Å². The Hall–Kier alpha value is -1.55. The number of carbonyl (C=O) groups is 1. The number of ketones is 1. The third-order valence-corrected chi connectivity index (χ3v) is 13.6. The summed E-state index contributed by atoms with van der Waals surface area (Å²) in [5, 5.41) is 22.5. The number of ether oxygens (including phenoxy) is 1. The Morgan fingerprint density at radius 2 is 1.79 bits per heavy atom. The Kier molecular flexibility index (Phi) is 9.68. The van der Waals surface area contributed by atoms with Crippen LogP contribution in [0.4, 0.5) is 0 Å². The highest BCUT2D eigenvalue weighted by molar-refractivity contribution is 7.85. The van der Waals surface area contributed by atoms with E-state index in [9.17, 15) is 23.4 Å². The molecule has 0 amide bonds. The van der Waals surface area contributed by atoms with Crippen molar-refractivity contribution in [3.8, 4) is 5.88 Å². The van der Waals surface area contributed by atoms with Gasteiger partial charge >= 0.3 is 0 Å². The number of carbonyl (C=O) groups excluding carboxylic acids is 1. The van der Waals surface area contributed by atoms with Gasteiger partial charge in [-0.2, -0.15) is 8.42 Å². The summed E-state index contributed by atoms with van der Waals surface area (Å²) in [7, 11) is -4.07. The van der Waals surface area contributed by atoms with E-state index in [4.69, 9.17) is 9.29 Å². The van der Waals surface area contributed by atoms with Gasteiger partial charge in [0.25, 0.3) is 10.1 Å². The average Bonchev–Trinajstić information content (AvgIpc) is 3.31. The highest BCUT2D eigenvalue weighted by atomic mass is 32.2. The summed E-state index contributed by atoms with van der Waals surface area (Å²) in [6.45, 7) is 10.1. The minimum absolute atomic E-state index is 0.0288. The van der Waals surface area contributed by atoms with Crippen molar-refractivity contribution in [2.24, 2.45) is 52.3 Å². The summed E-state index contributed by atoms with van der Waals surface area (Å²) >= 11 is 0. The van der Waals surface area contributed by atoms with Crippen LogP contribution >= 0.6 is 0 Å². The van der Waals surface area contributed by atoms with Gasteiger partial charge in [-0.05, 0) is 116 Å². The van der Waals surface area contributed by atoms with E-state index in [1.54, 1.807) is 12.1 Å². The van der Waals surface area contributed by atoms with Crippen LogP contribution in [0.15, 0.2) is 18.3 Å². The van der Waals surface area contributed by atoms with Gasteiger partial charge in [-0.25, -0.2) is 4.98 Å². The van der Waals surface area contributed by atoms with E-state index in [-0.39, 0.29) is 47.6 Å². The van der Waals surface area contributed by atoms with Crippen LogP contribution < -0.4 is 4.74 Å². The van der Waals surface area contributed by atoms with Crippen LogP contribution in [0.2, 0.25) is 0 Å². The fourth-order valence-corrected chi connectivity index (χ4v) is 11.2. The molecule has 43 heavy (non-hydrogen) atoms. The lowest BCUT2D eigenvalue weighted by Crippen LogP contribution is -2.62. The summed E-state index contributed by atoms with van der Waals surface area (Å²) < 4.78 is 36.6. The minimum Gasteiger partial charge on any atom is -0.478 e. The zero-order valence-corrected chi connectivity index (χ0v) is 27.3. The number of aliphatic hydroxyl groups is 2. The molecular weight excluding hydrogens is 566 g/mol. The molecule has 8 nitrogen and oxygen atoms in total. The van der Waals surface area contributed by atoms with Crippen molar-refractivity contribution < 1.29 is 32.7 Å². The lowest BCUT2D eigenvalue weighted by Gasteiger charge is -2.64. The Labute approximate surface area is 258 Å². The summed E-state index contributed by atoms with van der Waals surface area (Å²) in [6, 6.07) is 3.33. The van der Waals surface area contributed by atoms with E-state index in [2.05, 4.69) is 32.7 Å². The predicted octanol–water partition coefficient (Wildman–Crippen LogP) is 5.96. The first-order valence-electron chi connectivity index (χ1n) is 16.7. The monoisotopic (exact) mass is 619 g/mol. The van der Waals surface area contributed by atoms with Crippen LogP contribution in [0, 0.1) is 52.3 Å². The maximum atomic E-state index is 12.3. The third kappa shape index (κ3) is 6.43. The Morgan fingerprint density at radius 3 is 2.47 bits per heavy atom. The first-order valence-corrected chi connectivity index (χ1v) is 18.3. The number of Topliss-reactive ketones (excluding diaryl/α,β-unsaturated/α-hetero) is 1. The number of nitrogens with zero attached hydrogens (tertiary/aromatic N) is 1. The van der Waals surface area contributed by atoms with Gasteiger partial charge in [0.15, 0.2) is 5.78 Å². The second-order valence-corrected chi connectivity index (χ2v) is 16.5. The van der Waals surface area contributed by atoms with Gasteiger partial charge in [-0.1, -0.05) is 34.1 Å². The van der Waals surface area contributed by atoms with E-state index in [0.29, 0.717) is 53.6 Å². The van der Waals surface area contributed by atoms with E-state index >= 15 is 0 Å². The van der Waals surface area contributed by atoms with Gasteiger partial charge in [0, 0.05) is 24.2 Å². The first kappa shape index (κ1) is 32.8. The largest absolute Gasteiger partial charge is 0.478 e. The van der Waals surface area contributed by atoms with Gasteiger partial charge in [-0.15, -0.1) is 0 Å². The Morgan fingerprint density at radius 1 is 1.07 bits per heavy atom. The lowest BCUT2D eigenvalue weighted by molar-refractivity contribution is -0.203. The minimum atomic E-state index is -4.07. The molecule has 242 valence electrons. The van der Waals surface area contributed by atoms with Crippen LogP contribution in [0.5, 0.6) is 5.88 Å². The van der Waals surface area contributed by atoms with E-state index < -0.39 is 15.9 Å². The molecule has 1 aromatic heterocycles. The second-order valence-electron chi connectivity index (χ2n) is 14.9. The molecule has 3 N–H and O–H groups in total. The highest BCUT2D eigenvalue weighted by Crippen LogP contribution is 2.69. The van der Waals surface area contributed by atoms with E-state index in [0.717, 1.165) is 32.1 Å². The zero-order chi connectivity index (χ0) is 31.2. The van der Waals surface area contributed by atoms with Crippen molar-refractivity contribution in [3.05, 3.63) is 23.9 Å². The fourth-order valence-electron chi connectivity index (χ4n) is 10.7. The first-order chi connectivity index (χ1) is 20.3. The van der Waals surface area contributed by atoms with Crippen molar-refractivity contribution in [1.29, 1.82) is 0 Å². The van der Waals surface area contributed by atoms with Crippen LogP contribution in [-0.2, 0) is 10.1 Å². The molecule has 4 aliphatic rings. The molecule has 0 unspecified atom stereocenters. The molecule has 9 heteroatoms. The number of aromatic nitrogens is 1. The van der Waals surface area contributed by atoms with Crippen LogP contribution in [0.25, 0.3) is 0 Å². The fraction of sp³-hybridized carbons (Fsp3) is 0.824. The van der Waals surface area contributed by atoms with E-state index in [1.165, 1.54) is 31.9 Å². The van der Waals surface area contributed by atoms with Crippen LogP contribution in [0.3, 0.4) is 0 Å². The second kappa shape index (κ2) is 12.7. The molecule has 0 saturated heterocycles.